The van der Waals surface area contributed by atoms with E-state index in [1.54, 1.807) is 13.2 Å². The number of hydrogen-bond acceptors (Lipinski definition) is 4. The number of carbonyl (C=O) groups is 1. The Morgan fingerprint density at radius 3 is 3.17 bits per heavy atom. The Bertz CT molecular complexity index is 457. The smallest absolute Gasteiger partial charge is 0.290 e. The summed E-state index contributed by atoms with van der Waals surface area (Å²) in [4.78, 5) is 16.2. The van der Waals surface area contributed by atoms with Crippen molar-refractivity contribution in [2.75, 3.05) is 25.5 Å². The van der Waals surface area contributed by atoms with Crippen molar-refractivity contribution >= 4 is 17.4 Å². The normalized spacial score (nSPS) is 15.1. The largest absolute Gasteiger partial charge is 0.497 e. The van der Waals surface area contributed by atoms with E-state index in [9.17, 15) is 4.79 Å². The minimum atomic E-state index is -0.204. The quantitative estimate of drug-likeness (QED) is 0.849. The van der Waals surface area contributed by atoms with E-state index in [4.69, 9.17) is 4.74 Å². The Morgan fingerprint density at radius 2 is 2.33 bits per heavy atom. The SMILES string of the molecule is COc1cccc(NC(=O)C2=NCCCCN2)c1. The highest BCUT2D eigenvalue weighted by molar-refractivity contribution is 6.42. The monoisotopic (exact) mass is 247 g/mol. The fourth-order valence-electron chi connectivity index (χ4n) is 1.73. The van der Waals surface area contributed by atoms with Crippen LogP contribution in [-0.4, -0.2) is 31.9 Å². The number of amides is 1. The molecule has 0 spiro atoms. The molecule has 0 radical (unpaired) electrons. The molecule has 1 heterocycles. The van der Waals surface area contributed by atoms with Crippen molar-refractivity contribution in [3.63, 3.8) is 0 Å². The Balaban J connectivity index is 2.03. The topological polar surface area (TPSA) is 62.7 Å². The third-order valence-electron chi connectivity index (χ3n) is 2.69. The molecule has 1 aliphatic rings. The third kappa shape index (κ3) is 3.23. The van der Waals surface area contributed by atoms with Crippen molar-refractivity contribution in [3.8, 4) is 5.75 Å². The summed E-state index contributed by atoms with van der Waals surface area (Å²) in [7, 11) is 1.60. The van der Waals surface area contributed by atoms with Crippen LogP contribution in [0.3, 0.4) is 0 Å². The van der Waals surface area contributed by atoms with E-state index < -0.39 is 0 Å². The molecule has 1 aliphatic heterocycles. The van der Waals surface area contributed by atoms with Crippen LogP contribution in [0.5, 0.6) is 5.75 Å². The number of ether oxygens (including phenoxy) is 1. The van der Waals surface area contributed by atoms with Crippen LogP contribution in [0, 0.1) is 0 Å². The van der Waals surface area contributed by atoms with Crippen LogP contribution in [0.25, 0.3) is 0 Å². The fraction of sp³-hybridized carbons (Fsp3) is 0.385. The molecule has 0 aliphatic carbocycles. The molecule has 18 heavy (non-hydrogen) atoms. The summed E-state index contributed by atoms with van der Waals surface area (Å²) in [5.41, 5.74) is 0.702. The lowest BCUT2D eigenvalue weighted by Crippen LogP contribution is -2.35. The first-order chi connectivity index (χ1) is 8.79. The van der Waals surface area contributed by atoms with Gasteiger partial charge in [0.2, 0.25) is 0 Å². The minimum absolute atomic E-state index is 0.204. The van der Waals surface area contributed by atoms with E-state index in [2.05, 4.69) is 15.6 Å². The molecule has 96 valence electrons. The number of anilines is 1. The predicted molar refractivity (Wildman–Crippen MR) is 71.2 cm³/mol. The number of amidine groups is 1. The lowest BCUT2D eigenvalue weighted by atomic mass is 10.3. The molecule has 0 atom stereocenters. The molecule has 1 amide bonds. The number of methoxy groups -OCH3 is 1. The molecule has 1 aromatic rings. The van der Waals surface area contributed by atoms with Gasteiger partial charge < -0.3 is 15.4 Å². The van der Waals surface area contributed by atoms with Crippen LogP contribution in [-0.2, 0) is 4.79 Å². The molecule has 2 N–H and O–H groups in total. The van der Waals surface area contributed by atoms with Crippen LogP contribution in [0.4, 0.5) is 5.69 Å². The Morgan fingerprint density at radius 1 is 1.44 bits per heavy atom. The summed E-state index contributed by atoms with van der Waals surface area (Å²) in [6.45, 7) is 1.50. The molecule has 0 unspecified atom stereocenters. The van der Waals surface area contributed by atoms with Crippen LogP contribution in [0.15, 0.2) is 29.3 Å². The lowest BCUT2D eigenvalue weighted by molar-refractivity contribution is -0.110. The summed E-state index contributed by atoms with van der Waals surface area (Å²) < 4.78 is 5.10. The van der Waals surface area contributed by atoms with Gasteiger partial charge in [0, 0.05) is 24.8 Å². The van der Waals surface area contributed by atoms with E-state index in [0.29, 0.717) is 23.8 Å². The van der Waals surface area contributed by atoms with Crippen LogP contribution >= 0.6 is 0 Å². The zero-order valence-corrected chi connectivity index (χ0v) is 10.4. The van der Waals surface area contributed by atoms with Gasteiger partial charge >= 0.3 is 0 Å². The first-order valence-electron chi connectivity index (χ1n) is 6.03. The average Bonchev–Trinajstić information content (AvgIpc) is 2.68. The van der Waals surface area contributed by atoms with Gasteiger partial charge in [-0.1, -0.05) is 6.07 Å². The van der Waals surface area contributed by atoms with Gasteiger partial charge in [-0.25, -0.2) is 0 Å². The van der Waals surface area contributed by atoms with E-state index in [1.807, 2.05) is 18.2 Å². The molecular formula is C13H17N3O2. The van der Waals surface area contributed by atoms with Gasteiger partial charge in [0.15, 0.2) is 5.84 Å². The number of hydrogen-bond donors (Lipinski definition) is 2. The van der Waals surface area contributed by atoms with Gasteiger partial charge in [0.1, 0.15) is 5.75 Å². The van der Waals surface area contributed by atoms with Gasteiger partial charge in [-0.3, -0.25) is 9.79 Å². The molecule has 0 aromatic heterocycles. The van der Waals surface area contributed by atoms with Crippen LogP contribution < -0.4 is 15.4 Å². The molecule has 0 saturated carbocycles. The van der Waals surface area contributed by atoms with Gasteiger partial charge in [0.25, 0.3) is 5.91 Å². The van der Waals surface area contributed by atoms with Crippen molar-refractivity contribution in [1.82, 2.24) is 5.32 Å². The van der Waals surface area contributed by atoms with Gasteiger partial charge in [-0.15, -0.1) is 0 Å². The van der Waals surface area contributed by atoms with Gasteiger partial charge in [-0.05, 0) is 25.0 Å². The second-order valence-electron chi connectivity index (χ2n) is 4.05. The highest BCUT2D eigenvalue weighted by Gasteiger charge is 2.12. The number of rotatable bonds is 3. The number of aliphatic imine (C=N–C) groups is 1. The summed E-state index contributed by atoms with van der Waals surface area (Å²) in [6, 6.07) is 7.25. The first-order valence-corrected chi connectivity index (χ1v) is 6.03. The van der Waals surface area contributed by atoms with Crippen molar-refractivity contribution in [1.29, 1.82) is 0 Å². The molecule has 5 nitrogen and oxygen atoms in total. The molecular weight excluding hydrogens is 230 g/mol. The predicted octanol–water partition coefficient (Wildman–Crippen LogP) is 1.42. The van der Waals surface area contributed by atoms with Crippen LogP contribution in [0.2, 0.25) is 0 Å². The zero-order chi connectivity index (χ0) is 12.8. The molecule has 0 bridgehead atoms. The van der Waals surface area contributed by atoms with Gasteiger partial charge in [0.05, 0.1) is 7.11 Å². The molecule has 5 heteroatoms. The second-order valence-corrected chi connectivity index (χ2v) is 4.05. The second kappa shape index (κ2) is 6.05. The third-order valence-corrected chi connectivity index (χ3v) is 2.69. The zero-order valence-electron chi connectivity index (χ0n) is 10.4. The summed E-state index contributed by atoms with van der Waals surface area (Å²) in [5.74, 6) is 0.920. The van der Waals surface area contributed by atoms with Crippen molar-refractivity contribution in [3.05, 3.63) is 24.3 Å². The maximum atomic E-state index is 12.0. The fourth-order valence-corrected chi connectivity index (χ4v) is 1.73. The maximum absolute atomic E-state index is 12.0. The van der Waals surface area contributed by atoms with E-state index in [0.717, 1.165) is 19.4 Å². The van der Waals surface area contributed by atoms with Gasteiger partial charge in [-0.2, -0.15) is 0 Å². The number of carbonyl (C=O) groups excluding carboxylic acids is 1. The average molecular weight is 247 g/mol. The van der Waals surface area contributed by atoms with E-state index >= 15 is 0 Å². The number of nitrogens with one attached hydrogen (secondary N) is 2. The highest BCUT2D eigenvalue weighted by Crippen LogP contribution is 2.16. The minimum Gasteiger partial charge on any atom is -0.497 e. The van der Waals surface area contributed by atoms with Crippen molar-refractivity contribution < 1.29 is 9.53 Å². The molecule has 0 saturated heterocycles. The molecule has 2 rings (SSSR count). The highest BCUT2D eigenvalue weighted by atomic mass is 16.5. The first kappa shape index (κ1) is 12.4. The van der Waals surface area contributed by atoms with E-state index in [-0.39, 0.29) is 5.91 Å². The molecule has 0 fully saturated rings. The maximum Gasteiger partial charge on any atom is 0.290 e. The Hall–Kier alpha value is -2.04. The Labute approximate surface area is 106 Å². The Kier molecular flexibility index (Phi) is 4.17. The van der Waals surface area contributed by atoms with E-state index in [1.165, 1.54) is 0 Å². The summed E-state index contributed by atoms with van der Waals surface area (Å²) in [6.07, 6.45) is 2.06. The molecule has 1 aromatic carbocycles. The van der Waals surface area contributed by atoms with Crippen LogP contribution in [0.1, 0.15) is 12.8 Å². The van der Waals surface area contributed by atoms with Crippen molar-refractivity contribution in [2.24, 2.45) is 4.99 Å². The standard InChI is InChI=1S/C13H17N3O2/c1-18-11-6-4-5-10(9-11)16-13(17)12-14-7-2-3-8-15-12/h4-6,9H,2-3,7-8H2,1H3,(H,14,15)(H,16,17). The summed E-state index contributed by atoms with van der Waals surface area (Å²) >= 11 is 0. The lowest BCUT2D eigenvalue weighted by Gasteiger charge is -2.09. The van der Waals surface area contributed by atoms with Crippen molar-refractivity contribution in [2.45, 2.75) is 12.8 Å². The summed E-state index contributed by atoms with van der Waals surface area (Å²) in [5, 5.41) is 5.84. The number of nitrogens with zero attached hydrogens (tertiary/aromatic N) is 1. The number of benzene rings is 1.